The Morgan fingerprint density at radius 2 is 1.81 bits per heavy atom. The van der Waals surface area contributed by atoms with Crippen LogP contribution in [-0.2, 0) is 0 Å². The van der Waals surface area contributed by atoms with Gasteiger partial charge in [0.2, 0.25) is 0 Å². The van der Waals surface area contributed by atoms with E-state index in [0.29, 0.717) is 5.65 Å². The van der Waals surface area contributed by atoms with E-state index in [2.05, 4.69) is 20.0 Å². The van der Waals surface area contributed by atoms with Crippen LogP contribution in [0.4, 0.5) is 5.82 Å². The molecule has 0 amide bonds. The molecule has 4 rings (SSSR count). The summed E-state index contributed by atoms with van der Waals surface area (Å²) in [5.74, 6) is 1.66. The monoisotopic (exact) mass is 365 g/mol. The lowest BCUT2D eigenvalue weighted by molar-refractivity contribution is 0.170. The summed E-state index contributed by atoms with van der Waals surface area (Å²) in [7, 11) is 0. The number of aryl methyl sites for hydroxylation is 2. The Kier molecular flexibility index (Phi) is 4.51. The first-order valence-electron chi connectivity index (χ1n) is 9.22. The number of nitrogens with zero attached hydrogens (tertiary/aromatic N) is 5. The van der Waals surface area contributed by atoms with Crippen LogP contribution in [0, 0.1) is 20.8 Å². The van der Waals surface area contributed by atoms with Crippen LogP contribution < -0.4 is 15.2 Å². The van der Waals surface area contributed by atoms with Crippen LogP contribution in [0.1, 0.15) is 29.7 Å². The molecular formula is C20H23N5O2. The van der Waals surface area contributed by atoms with Crippen molar-refractivity contribution in [2.24, 2.45) is 0 Å². The number of pyridine rings is 1. The smallest absolute Gasteiger partial charge is 0.274 e. The molecule has 0 N–H and O–H groups in total. The van der Waals surface area contributed by atoms with Gasteiger partial charge < -0.3 is 9.64 Å². The summed E-state index contributed by atoms with van der Waals surface area (Å²) in [5, 5.41) is 4.59. The summed E-state index contributed by atoms with van der Waals surface area (Å²) in [5.41, 5.74) is 3.50. The van der Waals surface area contributed by atoms with Crippen LogP contribution in [0.3, 0.4) is 0 Å². The third-order valence-corrected chi connectivity index (χ3v) is 5.18. The molecule has 1 fully saturated rings. The van der Waals surface area contributed by atoms with Crippen molar-refractivity contribution in [3.63, 3.8) is 0 Å². The Morgan fingerprint density at radius 3 is 2.52 bits per heavy atom. The van der Waals surface area contributed by atoms with Crippen LogP contribution in [0.2, 0.25) is 0 Å². The first-order chi connectivity index (χ1) is 13.0. The number of hydrogen-bond acceptors (Lipinski definition) is 6. The van der Waals surface area contributed by atoms with Crippen molar-refractivity contribution in [2.75, 3.05) is 18.0 Å². The highest BCUT2D eigenvalue weighted by atomic mass is 16.5. The van der Waals surface area contributed by atoms with Crippen LogP contribution in [0.5, 0.6) is 5.75 Å². The van der Waals surface area contributed by atoms with Crippen molar-refractivity contribution in [1.82, 2.24) is 19.6 Å². The van der Waals surface area contributed by atoms with Gasteiger partial charge in [0, 0.05) is 55.0 Å². The fraction of sp³-hybridized carbons (Fsp3) is 0.400. The number of hydrogen-bond donors (Lipinski definition) is 0. The van der Waals surface area contributed by atoms with Gasteiger partial charge in [0.05, 0.1) is 6.20 Å². The number of anilines is 1. The quantitative estimate of drug-likeness (QED) is 0.710. The van der Waals surface area contributed by atoms with Crippen molar-refractivity contribution in [3.8, 4) is 5.75 Å². The summed E-state index contributed by atoms with van der Waals surface area (Å²) < 4.78 is 7.46. The Bertz CT molecular complexity index is 1020. The van der Waals surface area contributed by atoms with Gasteiger partial charge in [-0.15, -0.1) is 5.10 Å². The molecule has 4 heterocycles. The molecule has 0 aliphatic carbocycles. The van der Waals surface area contributed by atoms with Gasteiger partial charge in [0.25, 0.3) is 5.56 Å². The second-order valence-corrected chi connectivity index (χ2v) is 7.03. The molecule has 0 atom stereocenters. The Hall–Kier alpha value is -2.96. The highest BCUT2D eigenvalue weighted by molar-refractivity contribution is 5.59. The summed E-state index contributed by atoms with van der Waals surface area (Å²) in [6.07, 6.45) is 5.27. The van der Waals surface area contributed by atoms with Crippen molar-refractivity contribution < 1.29 is 4.74 Å². The first kappa shape index (κ1) is 17.5. The first-order valence-corrected chi connectivity index (χ1v) is 9.22. The largest absolute Gasteiger partial charge is 0.489 e. The number of ether oxygens (including phenoxy) is 1. The topological polar surface area (TPSA) is 72.6 Å². The second kappa shape index (κ2) is 6.98. The van der Waals surface area contributed by atoms with Crippen molar-refractivity contribution in [2.45, 2.75) is 39.7 Å². The van der Waals surface area contributed by atoms with Gasteiger partial charge in [-0.3, -0.25) is 9.78 Å². The number of aromatic nitrogens is 4. The summed E-state index contributed by atoms with van der Waals surface area (Å²) in [6.45, 7) is 7.65. The molecule has 1 saturated heterocycles. The molecule has 0 radical (unpaired) electrons. The van der Waals surface area contributed by atoms with Gasteiger partial charge in [0.1, 0.15) is 11.9 Å². The van der Waals surface area contributed by atoms with Crippen molar-refractivity contribution in [1.29, 1.82) is 0 Å². The zero-order valence-corrected chi connectivity index (χ0v) is 15.8. The molecule has 3 aromatic rings. The van der Waals surface area contributed by atoms with Gasteiger partial charge in [-0.25, -0.2) is 4.98 Å². The molecule has 0 bridgehead atoms. The average Bonchev–Trinajstić information content (AvgIpc) is 2.68. The minimum absolute atomic E-state index is 0.158. The van der Waals surface area contributed by atoms with E-state index in [1.807, 2.05) is 32.9 Å². The fourth-order valence-electron chi connectivity index (χ4n) is 3.46. The van der Waals surface area contributed by atoms with E-state index in [-0.39, 0.29) is 11.7 Å². The minimum atomic E-state index is -0.158. The fourth-order valence-corrected chi connectivity index (χ4v) is 3.46. The highest BCUT2D eigenvalue weighted by Crippen LogP contribution is 2.26. The molecule has 7 heteroatoms. The van der Waals surface area contributed by atoms with Gasteiger partial charge in [0.15, 0.2) is 11.5 Å². The van der Waals surface area contributed by atoms with Crippen molar-refractivity contribution in [3.05, 3.63) is 57.8 Å². The Labute approximate surface area is 157 Å². The molecule has 27 heavy (non-hydrogen) atoms. The van der Waals surface area contributed by atoms with E-state index in [4.69, 9.17) is 4.74 Å². The molecule has 0 unspecified atom stereocenters. The maximum atomic E-state index is 12.2. The van der Waals surface area contributed by atoms with Gasteiger partial charge in [-0.05, 0) is 32.9 Å². The molecule has 0 spiro atoms. The zero-order chi connectivity index (χ0) is 19.0. The molecule has 0 aromatic carbocycles. The third-order valence-electron chi connectivity index (χ3n) is 5.18. The lowest BCUT2D eigenvalue weighted by Gasteiger charge is -2.33. The van der Waals surface area contributed by atoms with E-state index in [9.17, 15) is 4.79 Å². The highest BCUT2D eigenvalue weighted by Gasteiger charge is 2.24. The van der Waals surface area contributed by atoms with Crippen LogP contribution in [0.15, 0.2) is 35.4 Å². The SMILES string of the molecule is Cc1ccc(OC2CCN(c3nn4c(=O)ccnc4c(C)c3C)CC2)cn1. The lowest BCUT2D eigenvalue weighted by atomic mass is 10.1. The predicted octanol–water partition coefficient (Wildman–Crippen LogP) is 2.46. The van der Waals surface area contributed by atoms with Gasteiger partial charge in [-0.2, -0.15) is 4.52 Å². The number of fused-ring (bicyclic) bond motifs is 1. The molecular weight excluding hydrogens is 342 g/mol. The van der Waals surface area contributed by atoms with Crippen molar-refractivity contribution >= 4 is 11.5 Å². The average molecular weight is 365 g/mol. The van der Waals surface area contributed by atoms with Crippen LogP contribution >= 0.6 is 0 Å². The molecule has 0 saturated carbocycles. The summed E-state index contributed by atoms with van der Waals surface area (Å²) >= 11 is 0. The summed E-state index contributed by atoms with van der Waals surface area (Å²) in [4.78, 5) is 23.0. The van der Waals surface area contributed by atoms with E-state index >= 15 is 0 Å². The Morgan fingerprint density at radius 1 is 1.04 bits per heavy atom. The summed E-state index contributed by atoms with van der Waals surface area (Å²) in [6, 6.07) is 5.36. The lowest BCUT2D eigenvalue weighted by Crippen LogP contribution is -2.39. The maximum absolute atomic E-state index is 12.2. The molecule has 1 aliphatic rings. The van der Waals surface area contributed by atoms with E-state index in [0.717, 1.165) is 54.3 Å². The molecule has 3 aromatic heterocycles. The van der Waals surface area contributed by atoms with Gasteiger partial charge in [-0.1, -0.05) is 0 Å². The van der Waals surface area contributed by atoms with E-state index < -0.39 is 0 Å². The normalized spacial score (nSPS) is 15.3. The van der Waals surface area contributed by atoms with Gasteiger partial charge >= 0.3 is 0 Å². The van der Waals surface area contributed by atoms with E-state index in [1.54, 1.807) is 6.20 Å². The Balaban J connectivity index is 1.52. The number of rotatable bonds is 3. The predicted molar refractivity (Wildman–Crippen MR) is 104 cm³/mol. The van der Waals surface area contributed by atoms with E-state index in [1.165, 1.54) is 16.8 Å². The third kappa shape index (κ3) is 3.37. The molecule has 1 aliphatic heterocycles. The molecule has 7 nitrogen and oxygen atoms in total. The van der Waals surface area contributed by atoms with Crippen LogP contribution in [-0.4, -0.2) is 38.8 Å². The zero-order valence-electron chi connectivity index (χ0n) is 15.8. The van der Waals surface area contributed by atoms with Crippen LogP contribution in [0.25, 0.3) is 5.65 Å². The molecule has 140 valence electrons. The standard InChI is InChI=1S/C20H23N5O2/c1-13-4-5-17(12-22-13)27-16-7-10-24(11-8-16)20-15(3)14(2)19-21-9-6-18(26)25(19)23-20/h4-6,9,12,16H,7-8,10-11H2,1-3H3. The number of piperidine rings is 1. The maximum Gasteiger partial charge on any atom is 0.274 e. The minimum Gasteiger partial charge on any atom is -0.489 e. The second-order valence-electron chi connectivity index (χ2n) is 7.03.